The zero-order chi connectivity index (χ0) is 33.5. The van der Waals surface area contributed by atoms with Gasteiger partial charge in [-0.05, 0) is 70.4 Å². The molecular weight excluding hydrogens is 647 g/mol. The second kappa shape index (κ2) is 14.7. The van der Waals surface area contributed by atoms with Crippen molar-refractivity contribution in [2.45, 2.75) is 19.0 Å². The van der Waals surface area contributed by atoms with E-state index >= 15 is 0 Å². The number of nitrogens with zero attached hydrogens (tertiary/aromatic N) is 6. The molecule has 2 aromatic heterocycles. The molecule has 3 aromatic carbocycles. The summed E-state index contributed by atoms with van der Waals surface area (Å²) < 4.78 is 6.11. The fraction of sp³-hybridized carbons (Fsp3) is 0.194. The van der Waals surface area contributed by atoms with Crippen LogP contribution >= 0.6 is 23.2 Å². The van der Waals surface area contributed by atoms with Gasteiger partial charge in [0, 0.05) is 42.5 Å². The van der Waals surface area contributed by atoms with Crippen LogP contribution in [0.1, 0.15) is 33.4 Å². The molecule has 4 N–H and O–H groups in total. The van der Waals surface area contributed by atoms with E-state index in [1.807, 2.05) is 6.07 Å². The quantitative estimate of drug-likeness (QED) is 0.160. The zero-order valence-corrected chi connectivity index (χ0v) is 27.0. The van der Waals surface area contributed by atoms with Crippen molar-refractivity contribution < 1.29 is 19.1 Å². The molecule has 47 heavy (non-hydrogen) atoms. The topological polar surface area (TPSA) is 172 Å². The summed E-state index contributed by atoms with van der Waals surface area (Å²) in [6.07, 6.45) is 1.13. The van der Waals surface area contributed by atoms with Crippen molar-refractivity contribution in [3.63, 3.8) is 0 Å². The number of anilines is 1. The van der Waals surface area contributed by atoms with E-state index in [2.05, 4.69) is 41.2 Å². The first-order valence-electron chi connectivity index (χ1n) is 14.2. The van der Waals surface area contributed by atoms with Gasteiger partial charge in [0.25, 0.3) is 5.91 Å². The Bertz CT molecular complexity index is 1880. The smallest absolute Gasteiger partial charge is 0.411 e. The minimum absolute atomic E-state index is 0.108. The molecule has 14 nitrogen and oxygen atoms in total. The van der Waals surface area contributed by atoms with Crippen molar-refractivity contribution in [1.82, 2.24) is 45.7 Å². The van der Waals surface area contributed by atoms with E-state index in [1.165, 1.54) is 23.0 Å². The van der Waals surface area contributed by atoms with Gasteiger partial charge in [-0.25, -0.2) is 19.3 Å². The van der Waals surface area contributed by atoms with E-state index in [4.69, 9.17) is 28.2 Å². The van der Waals surface area contributed by atoms with Crippen LogP contribution in [0.15, 0.2) is 73.1 Å². The number of halogens is 2. The number of carbonyl (C=O) groups is 3. The van der Waals surface area contributed by atoms with Crippen LogP contribution in [-0.2, 0) is 17.7 Å². The van der Waals surface area contributed by atoms with Gasteiger partial charge in [-0.1, -0.05) is 47.5 Å². The van der Waals surface area contributed by atoms with Crippen LogP contribution in [0.3, 0.4) is 0 Å². The van der Waals surface area contributed by atoms with Crippen LogP contribution in [0.25, 0.3) is 16.9 Å². The second-order valence-corrected chi connectivity index (χ2v) is 11.3. The number of nitrogens with one attached hydrogen (secondary N) is 4. The third-order valence-electron chi connectivity index (χ3n) is 7.00. The van der Waals surface area contributed by atoms with Gasteiger partial charge in [-0.3, -0.25) is 10.1 Å². The van der Waals surface area contributed by atoms with Crippen molar-refractivity contribution in [3.8, 4) is 16.9 Å². The Kier molecular flexibility index (Phi) is 10.3. The number of rotatable bonds is 10. The third-order valence-corrected chi connectivity index (χ3v) is 7.51. The third kappa shape index (κ3) is 8.23. The number of methoxy groups -OCH3 is 1. The Hall–Kier alpha value is -5.47. The number of carbonyl (C=O) groups excluding carboxylic acids is 3. The number of urea groups is 1. The van der Waals surface area contributed by atoms with Gasteiger partial charge in [0.1, 0.15) is 23.0 Å². The number of amides is 4. The maximum absolute atomic E-state index is 13.4. The maximum Gasteiger partial charge on any atom is 0.411 e. The number of benzene rings is 3. The van der Waals surface area contributed by atoms with Crippen LogP contribution < -0.4 is 16.0 Å². The summed E-state index contributed by atoms with van der Waals surface area (Å²) in [6, 6.07) is 18.0. The molecule has 0 spiro atoms. The normalized spacial score (nSPS) is 11.4. The summed E-state index contributed by atoms with van der Waals surface area (Å²) in [5, 5.41) is 20.5. The lowest BCUT2D eigenvalue weighted by Gasteiger charge is -2.19. The molecule has 2 heterocycles. The number of tetrazole rings is 1. The highest BCUT2D eigenvalue weighted by Crippen LogP contribution is 2.30. The minimum atomic E-state index is -0.690. The average molecular weight is 678 g/mol. The molecule has 5 aromatic rings. The van der Waals surface area contributed by atoms with Crippen molar-refractivity contribution >= 4 is 46.9 Å². The predicted octanol–water partition coefficient (Wildman–Crippen LogP) is 5.02. The van der Waals surface area contributed by atoms with E-state index in [-0.39, 0.29) is 24.0 Å². The number of aromatic amines is 1. The summed E-state index contributed by atoms with van der Waals surface area (Å²) in [7, 11) is 4.64. The summed E-state index contributed by atoms with van der Waals surface area (Å²) in [4.78, 5) is 46.9. The first-order chi connectivity index (χ1) is 22.6. The Labute approximate surface area is 279 Å². The van der Waals surface area contributed by atoms with Crippen LogP contribution in [0.4, 0.5) is 15.3 Å². The van der Waals surface area contributed by atoms with Crippen molar-refractivity contribution in [3.05, 3.63) is 106 Å². The maximum atomic E-state index is 13.4. The van der Waals surface area contributed by atoms with Crippen LogP contribution in [-0.4, -0.2) is 74.3 Å². The number of ether oxygens (including phenoxy) is 1. The van der Waals surface area contributed by atoms with Gasteiger partial charge < -0.3 is 25.3 Å². The fourth-order valence-electron chi connectivity index (χ4n) is 4.72. The van der Waals surface area contributed by atoms with Gasteiger partial charge >= 0.3 is 12.1 Å². The molecule has 16 heteroatoms. The van der Waals surface area contributed by atoms with Gasteiger partial charge in [-0.15, -0.1) is 5.10 Å². The Morgan fingerprint density at radius 2 is 1.83 bits per heavy atom. The molecule has 0 saturated heterocycles. The molecule has 0 aliphatic rings. The predicted molar refractivity (Wildman–Crippen MR) is 176 cm³/mol. The highest BCUT2D eigenvalue weighted by atomic mass is 35.5. The standard InChI is InChI=1S/C31H30Cl2N10O4/c1-42(2)29(44)20-6-4-5-18(13-20)14-24(28-38-26(27(33)39-28)19-7-10-23(11-8-19)36-31(46)47-3)37-30(45)34-16-21-15-22(32)9-12-25(21)43-17-35-40-41-43/h4-13,15,17,24H,14,16H2,1-3H3,(H,36,46)(H,38,39)(H2,34,37,45)/t24-/m0/s1. The van der Waals surface area contributed by atoms with Crippen LogP contribution in [0.2, 0.25) is 10.2 Å². The van der Waals surface area contributed by atoms with Gasteiger partial charge in [0.05, 0.1) is 18.8 Å². The lowest BCUT2D eigenvalue weighted by Crippen LogP contribution is -2.39. The van der Waals surface area contributed by atoms with Crippen molar-refractivity contribution in [1.29, 1.82) is 0 Å². The molecule has 0 bridgehead atoms. The van der Waals surface area contributed by atoms with Gasteiger partial charge in [-0.2, -0.15) is 0 Å². The molecule has 1 atom stereocenters. The van der Waals surface area contributed by atoms with Crippen molar-refractivity contribution in [2.75, 3.05) is 26.5 Å². The second-order valence-electron chi connectivity index (χ2n) is 10.5. The Morgan fingerprint density at radius 1 is 1.04 bits per heavy atom. The number of aromatic nitrogens is 6. The molecule has 0 radical (unpaired) electrons. The fourth-order valence-corrected chi connectivity index (χ4v) is 5.17. The Balaban J connectivity index is 1.40. The number of hydrogen-bond acceptors (Lipinski definition) is 8. The summed E-state index contributed by atoms with van der Waals surface area (Å²) in [5.74, 6) is 0.237. The van der Waals surface area contributed by atoms with Gasteiger partial charge in [0.2, 0.25) is 0 Å². The number of hydrogen-bond donors (Lipinski definition) is 4. The number of H-pyrrole nitrogens is 1. The number of imidazole rings is 1. The van der Waals surface area contributed by atoms with E-state index < -0.39 is 18.2 Å². The monoisotopic (exact) mass is 676 g/mol. The molecule has 0 aliphatic heterocycles. The minimum Gasteiger partial charge on any atom is -0.453 e. The molecule has 5 rings (SSSR count). The highest BCUT2D eigenvalue weighted by molar-refractivity contribution is 6.32. The van der Waals surface area contributed by atoms with Gasteiger partial charge in [0.15, 0.2) is 0 Å². The molecular formula is C31H30Cl2N10O4. The zero-order valence-electron chi connectivity index (χ0n) is 25.5. The summed E-state index contributed by atoms with van der Waals surface area (Å²) >= 11 is 12.9. The van der Waals surface area contributed by atoms with Crippen LogP contribution in [0, 0.1) is 0 Å². The lowest BCUT2D eigenvalue weighted by atomic mass is 10.0. The van der Waals surface area contributed by atoms with E-state index in [9.17, 15) is 14.4 Å². The lowest BCUT2D eigenvalue weighted by molar-refractivity contribution is 0.0827. The largest absolute Gasteiger partial charge is 0.453 e. The van der Waals surface area contributed by atoms with Crippen molar-refractivity contribution in [2.24, 2.45) is 0 Å². The van der Waals surface area contributed by atoms with Crippen LogP contribution in [0.5, 0.6) is 0 Å². The summed E-state index contributed by atoms with van der Waals surface area (Å²) in [6.45, 7) is 0.108. The SMILES string of the molecule is COC(=O)Nc1ccc(-c2nc([C@H](Cc3cccc(C(=O)N(C)C)c3)NC(=O)NCc3cc(Cl)ccc3-n3cnnn3)[nH]c2Cl)cc1. The van der Waals surface area contributed by atoms with E-state index in [0.29, 0.717) is 44.6 Å². The molecule has 0 saturated carbocycles. The van der Waals surface area contributed by atoms with E-state index in [0.717, 1.165) is 5.56 Å². The molecule has 0 aliphatic carbocycles. The highest BCUT2D eigenvalue weighted by Gasteiger charge is 2.23. The molecule has 4 amide bonds. The molecule has 0 unspecified atom stereocenters. The molecule has 0 fully saturated rings. The average Bonchev–Trinajstić information content (AvgIpc) is 3.74. The first-order valence-corrected chi connectivity index (χ1v) is 14.9. The first kappa shape index (κ1) is 32.9. The molecule has 242 valence electrons. The Morgan fingerprint density at radius 3 is 2.53 bits per heavy atom. The summed E-state index contributed by atoms with van der Waals surface area (Å²) in [5.41, 5.74) is 4.26. The van der Waals surface area contributed by atoms with E-state index in [1.54, 1.807) is 74.8 Å².